The molecule has 1 aliphatic heterocycles. The van der Waals surface area contributed by atoms with E-state index in [9.17, 15) is 14.3 Å². The number of urea groups is 1. The van der Waals surface area contributed by atoms with E-state index >= 15 is 0 Å². The Morgan fingerprint density at radius 1 is 1.43 bits per heavy atom. The van der Waals surface area contributed by atoms with E-state index in [2.05, 4.69) is 10.6 Å². The van der Waals surface area contributed by atoms with Gasteiger partial charge in [0.2, 0.25) is 0 Å². The van der Waals surface area contributed by atoms with Crippen LogP contribution in [0.3, 0.4) is 0 Å². The van der Waals surface area contributed by atoms with Gasteiger partial charge in [-0.05, 0) is 30.2 Å². The average Bonchev–Trinajstić information content (AvgIpc) is 3.08. The zero-order valence-electron chi connectivity index (χ0n) is 12.3. The molecule has 0 spiro atoms. The molecule has 122 valence electrons. The van der Waals surface area contributed by atoms with Crippen LogP contribution in [0.5, 0.6) is 0 Å². The number of thioether (sulfide) groups is 1. The number of furan rings is 1. The van der Waals surface area contributed by atoms with Gasteiger partial charge in [-0.25, -0.2) is 9.18 Å². The van der Waals surface area contributed by atoms with Crippen LogP contribution >= 0.6 is 11.8 Å². The van der Waals surface area contributed by atoms with E-state index in [1.807, 2.05) is 6.07 Å². The van der Waals surface area contributed by atoms with Crippen LogP contribution in [-0.4, -0.2) is 23.5 Å². The Kier molecular flexibility index (Phi) is 4.88. The summed E-state index contributed by atoms with van der Waals surface area (Å²) in [5, 5.41) is 14.9. The smallest absolute Gasteiger partial charge is 0.315 e. The number of amides is 2. The zero-order valence-corrected chi connectivity index (χ0v) is 13.1. The molecule has 23 heavy (non-hydrogen) atoms. The van der Waals surface area contributed by atoms with Crippen LogP contribution in [0.15, 0.2) is 45.9 Å². The summed E-state index contributed by atoms with van der Waals surface area (Å²) in [5.74, 6) is 0.956. The molecule has 1 aromatic carbocycles. The topological polar surface area (TPSA) is 74.5 Å². The van der Waals surface area contributed by atoms with Crippen molar-refractivity contribution in [2.45, 2.75) is 23.4 Å². The maximum atomic E-state index is 13.8. The van der Waals surface area contributed by atoms with Crippen LogP contribution in [0.2, 0.25) is 0 Å². The summed E-state index contributed by atoms with van der Waals surface area (Å²) in [6, 6.07) is 6.98. The highest BCUT2D eigenvalue weighted by molar-refractivity contribution is 7.99. The number of carbonyl (C=O) groups is 1. The number of benzene rings is 1. The maximum absolute atomic E-state index is 13.8. The Balaban J connectivity index is 1.68. The third-order valence-corrected chi connectivity index (χ3v) is 4.86. The van der Waals surface area contributed by atoms with Crippen molar-refractivity contribution in [3.8, 4) is 0 Å². The molecule has 5 nitrogen and oxygen atoms in total. The molecular weight excluding hydrogens is 319 g/mol. The molecule has 2 aromatic rings. The van der Waals surface area contributed by atoms with Gasteiger partial charge in [0.1, 0.15) is 17.6 Å². The van der Waals surface area contributed by atoms with Crippen molar-refractivity contribution < 1.29 is 18.7 Å². The summed E-state index contributed by atoms with van der Waals surface area (Å²) in [6.45, 7) is -0.271. The fraction of sp³-hybridized carbons (Fsp3) is 0.312. The van der Waals surface area contributed by atoms with Crippen molar-refractivity contribution in [1.29, 1.82) is 0 Å². The molecule has 0 radical (unpaired) electrons. The second-order valence-corrected chi connectivity index (χ2v) is 6.32. The van der Waals surface area contributed by atoms with Gasteiger partial charge in [-0.15, -0.1) is 11.8 Å². The van der Waals surface area contributed by atoms with Gasteiger partial charge in [-0.3, -0.25) is 0 Å². The van der Waals surface area contributed by atoms with Crippen LogP contribution in [0, 0.1) is 5.82 Å². The predicted molar refractivity (Wildman–Crippen MR) is 84.7 cm³/mol. The van der Waals surface area contributed by atoms with E-state index in [1.165, 1.54) is 24.1 Å². The van der Waals surface area contributed by atoms with Crippen LogP contribution < -0.4 is 10.6 Å². The van der Waals surface area contributed by atoms with Crippen molar-refractivity contribution in [2.24, 2.45) is 0 Å². The fourth-order valence-electron chi connectivity index (χ4n) is 2.59. The Labute approximate surface area is 137 Å². The van der Waals surface area contributed by atoms with E-state index < -0.39 is 12.1 Å². The molecule has 2 atom stereocenters. The highest BCUT2D eigenvalue weighted by atomic mass is 32.2. The first kappa shape index (κ1) is 15.9. The molecule has 0 fully saturated rings. The molecule has 0 bridgehead atoms. The number of aliphatic hydroxyl groups is 1. The zero-order chi connectivity index (χ0) is 16.2. The first-order valence-electron chi connectivity index (χ1n) is 7.31. The van der Waals surface area contributed by atoms with Crippen LogP contribution in [0.4, 0.5) is 9.18 Å². The fourth-order valence-corrected chi connectivity index (χ4v) is 3.73. The molecule has 1 aromatic heterocycles. The quantitative estimate of drug-likeness (QED) is 0.802. The van der Waals surface area contributed by atoms with E-state index in [0.717, 1.165) is 17.7 Å². The molecule has 3 rings (SSSR count). The number of carbonyl (C=O) groups excluding carboxylic acids is 1. The van der Waals surface area contributed by atoms with Gasteiger partial charge in [-0.1, -0.05) is 12.1 Å². The molecule has 0 unspecified atom stereocenters. The van der Waals surface area contributed by atoms with E-state index in [1.54, 1.807) is 18.2 Å². The average molecular weight is 336 g/mol. The molecule has 0 saturated carbocycles. The van der Waals surface area contributed by atoms with E-state index in [-0.39, 0.29) is 18.5 Å². The standard InChI is InChI=1S/C16H17FN2O3S/c17-11-4-1-3-10-12(6-8-23-15(10)11)18-16(21)19-13(9-20)14-5-2-7-22-14/h1-5,7,12-13,20H,6,8-9H2,(H2,18,19,21)/t12-,13+/m0/s1. The summed E-state index contributed by atoms with van der Waals surface area (Å²) in [7, 11) is 0. The number of halogens is 1. The van der Waals surface area contributed by atoms with Gasteiger partial charge in [-0.2, -0.15) is 0 Å². The second kappa shape index (κ2) is 7.06. The minimum atomic E-state index is -0.616. The molecule has 3 N–H and O–H groups in total. The van der Waals surface area contributed by atoms with Gasteiger partial charge < -0.3 is 20.2 Å². The lowest BCUT2D eigenvalue weighted by Crippen LogP contribution is -2.41. The van der Waals surface area contributed by atoms with Crippen molar-refractivity contribution in [2.75, 3.05) is 12.4 Å². The monoisotopic (exact) mass is 336 g/mol. The van der Waals surface area contributed by atoms with E-state index in [0.29, 0.717) is 10.7 Å². The molecule has 0 aliphatic carbocycles. The summed E-state index contributed by atoms with van der Waals surface area (Å²) >= 11 is 1.46. The lowest BCUT2D eigenvalue weighted by atomic mass is 10.0. The third kappa shape index (κ3) is 3.51. The van der Waals surface area contributed by atoms with Crippen LogP contribution in [0.25, 0.3) is 0 Å². The first-order chi connectivity index (χ1) is 11.2. The normalized spacial score (nSPS) is 18.1. The molecule has 2 amide bonds. The molecule has 1 aliphatic rings. The first-order valence-corrected chi connectivity index (χ1v) is 8.30. The lowest BCUT2D eigenvalue weighted by molar-refractivity contribution is 0.205. The Morgan fingerprint density at radius 3 is 3.04 bits per heavy atom. The summed E-state index contributed by atoms with van der Waals surface area (Å²) in [6.07, 6.45) is 2.20. The van der Waals surface area contributed by atoms with Gasteiger partial charge in [0.25, 0.3) is 0 Å². The Morgan fingerprint density at radius 2 is 2.30 bits per heavy atom. The van der Waals surface area contributed by atoms with E-state index in [4.69, 9.17) is 4.42 Å². The van der Waals surface area contributed by atoms with Crippen molar-refractivity contribution in [3.63, 3.8) is 0 Å². The van der Waals surface area contributed by atoms with Gasteiger partial charge in [0.15, 0.2) is 0 Å². The highest BCUT2D eigenvalue weighted by Crippen LogP contribution is 2.37. The van der Waals surface area contributed by atoms with Crippen molar-refractivity contribution in [1.82, 2.24) is 10.6 Å². The maximum Gasteiger partial charge on any atom is 0.315 e. The summed E-state index contributed by atoms with van der Waals surface area (Å²) in [4.78, 5) is 12.8. The van der Waals surface area contributed by atoms with Crippen LogP contribution in [0.1, 0.15) is 29.8 Å². The number of aliphatic hydroxyl groups excluding tert-OH is 1. The molecular formula is C16H17FN2O3S. The summed E-state index contributed by atoms with van der Waals surface area (Å²) < 4.78 is 19.0. The minimum absolute atomic E-state index is 0.252. The third-order valence-electron chi connectivity index (χ3n) is 3.71. The number of rotatable bonds is 4. The van der Waals surface area contributed by atoms with Gasteiger partial charge >= 0.3 is 6.03 Å². The second-order valence-electron chi connectivity index (χ2n) is 5.22. The number of hydrogen-bond donors (Lipinski definition) is 3. The van der Waals surface area contributed by atoms with Gasteiger partial charge in [0, 0.05) is 10.6 Å². The predicted octanol–water partition coefficient (Wildman–Crippen LogP) is 2.99. The number of fused-ring (bicyclic) bond motifs is 1. The molecule has 0 saturated heterocycles. The molecule has 7 heteroatoms. The minimum Gasteiger partial charge on any atom is -0.467 e. The highest BCUT2D eigenvalue weighted by Gasteiger charge is 2.25. The van der Waals surface area contributed by atoms with Crippen molar-refractivity contribution >= 4 is 17.8 Å². The van der Waals surface area contributed by atoms with Crippen molar-refractivity contribution in [3.05, 3.63) is 53.7 Å². The van der Waals surface area contributed by atoms with Crippen LogP contribution in [-0.2, 0) is 0 Å². The number of hydrogen-bond acceptors (Lipinski definition) is 4. The Hall–Kier alpha value is -1.99. The summed E-state index contributed by atoms with van der Waals surface area (Å²) in [5.41, 5.74) is 0.787. The lowest BCUT2D eigenvalue weighted by Gasteiger charge is -2.27. The number of nitrogens with one attached hydrogen (secondary N) is 2. The largest absolute Gasteiger partial charge is 0.467 e. The van der Waals surface area contributed by atoms with Gasteiger partial charge in [0.05, 0.1) is 18.9 Å². The SMILES string of the molecule is O=C(N[C@H]1CCSc2c(F)cccc21)N[C@H](CO)c1ccco1. The Bertz CT molecular complexity index is 678. The molecule has 2 heterocycles.